The van der Waals surface area contributed by atoms with Crippen molar-refractivity contribution in [3.8, 4) is 40.3 Å². The molecule has 17 aromatic rings. The van der Waals surface area contributed by atoms with Gasteiger partial charge in [-0.25, -0.2) is 14.5 Å². The quantitative estimate of drug-likeness (QED) is 0.0843. The third-order valence-electron chi connectivity index (χ3n) is 18.2. The standard InChI is InChI=1S/C41H33N4O2.C41H31N4O2.CH4.HI.Pt.H2/c2*1-41(2,3)26-19-27(44-25-43(4)35-14-8-9-15-36(35)44)21-29(20-26)46-28-17-18-31-30-11-5-7-13-34(30)45(37(31)22-28)40-23-39-33(24-42-40)32-12-6-10-16-38(32)47-39;;;;/h5-25H,1-4H3;5-20,23-25H,1-4H3;1H4;1H;;1H/q+1;-3;;;;/p-1. The fourth-order valence-corrected chi connectivity index (χ4v) is 13.4. The largest absolute Gasteiger partial charge is 1.00 e. The summed E-state index contributed by atoms with van der Waals surface area (Å²) in [6, 6.07) is 82.3. The van der Waals surface area contributed by atoms with Crippen molar-refractivity contribution in [2.24, 2.45) is 7.05 Å². The molecule has 0 unspecified atom stereocenters. The van der Waals surface area contributed by atoms with E-state index in [1.165, 1.54) is 11.1 Å². The molecule has 0 N–H and O–H groups in total. The van der Waals surface area contributed by atoms with Crippen LogP contribution in [0.25, 0.3) is 116 Å². The van der Waals surface area contributed by atoms with E-state index in [2.05, 4.69) is 267 Å². The fraction of sp³-hybridized carbons (Fsp3) is 0.133. The molecule has 0 amide bonds. The average Bonchev–Trinajstić information content (AvgIpc) is 1.56. The van der Waals surface area contributed by atoms with Crippen molar-refractivity contribution in [2.75, 3.05) is 16.8 Å². The van der Waals surface area contributed by atoms with Gasteiger partial charge in [-0.05, 0) is 102 Å². The average molecular weight is 1570 g/mol. The van der Waals surface area contributed by atoms with Crippen LogP contribution in [0, 0.1) is 18.8 Å². The number of para-hydroxylation sites is 8. The number of aryl methyl sites for hydroxylation is 1. The molecule has 0 atom stereocenters. The van der Waals surface area contributed by atoms with E-state index in [0.717, 1.165) is 144 Å². The van der Waals surface area contributed by atoms with Crippen molar-refractivity contribution in [3.63, 3.8) is 0 Å². The topological polar surface area (TPSA) is 95.7 Å². The van der Waals surface area contributed by atoms with Crippen LogP contribution in [0.2, 0.25) is 0 Å². The van der Waals surface area contributed by atoms with Gasteiger partial charge in [0.25, 0.3) is 0 Å². The molecule has 14 heteroatoms. The molecule has 0 radical (unpaired) electrons. The first-order chi connectivity index (χ1) is 45.6. The van der Waals surface area contributed by atoms with Crippen LogP contribution in [0.5, 0.6) is 23.0 Å². The predicted octanol–water partition coefficient (Wildman–Crippen LogP) is 18.3. The van der Waals surface area contributed by atoms with E-state index >= 15 is 0 Å². The second-order valence-corrected chi connectivity index (χ2v) is 26.5. The Morgan fingerprint density at radius 1 is 0.474 bits per heavy atom. The number of fused-ring (bicyclic) bond motifs is 14. The minimum atomic E-state index is -0.103. The maximum absolute atomic E-state index is 6.73. The molecule has 0 saturated heterocycles. The van der Waals surface area contributed by atoms with E-state index in [4.69, 9.17) is 28.3 Å². The number of imidazole rings is 1. The van der Waals surface area contributed by atoms with Crippen LogP contribution >= 0.6 is 0 Å². The number of furan rings is 2. The Hall–Kier alpha value is -10.2. The molecule has 0 spiro atoms. The Labute approximate surface area is 595 Å². The molecule has 8 heterocycles. The van der Waals surface area contributed by atoms with Gasteiger partial charge >= 0.3 is 0 Å². The Bertz CT molecular complexity index is 5910. The van der Waals surface area contributed by atoms with E-state index in [1.807, 2.05) is 73.1 Å². The van der Waals surface area contributed by atoms with Gasteiger partial charge in [0.05, 0.1) is 18.1 Å². The summed E-state index contributed by atoms with van der Waals surface area (Å²) >= 11 is 0. The molecule has 1 aliphatic heterocycles. The molecule has 10 aromatic carbocycles. The van der Waals surface area contributed by atoms with Gasteiger partial charge in [-0.3, -0.25) is 4.57 Å². The number of anilines is 3. The molecule has 7 aromatic heterocycles. The van der Waals surface area contributed by atoms with Crippen molar-refractivity contribution in [3.05, 3.63) is 267 Å². The second-order valence-electron chi connectivity index (χ2n) is 26.5. The predicted molar refractivity (Wildman–Crippen MR) is 388 cm³/mol. The summed E-state index contributed by atoms with van der Waals surface area (Å²) in [6.07, 6.45) is 5.95. The van der Waals surface area contributed by atoms with Crippen molar-refractivity contribution in [1.29, 1.82) is 0 Å². The fourth-order valence-electron chi connectivity index (χ4n) is 13.4. The van der Waals surface area contributed by atoms with E-state index in [0.29, 0.717) is 11.5 Å². The molecule has 97 heavy (non-hydrogen) atoms. The van der Waals surface area contributed by atoms with Crippen LogP contribution in [0.3, 0.4) is 0 Å². The molecule has 0 aliphatic carbocycles. The van der Waals surface area contributed by atoms with Crippen LogP contribution in [0.4, 0.5) is 17.1 Å². The Balaban J connectivity index is 0.000000169. The Morgan fingerprint density at radius 3 is 1.69 bits per heavy atom. The number of ether oxygens (including phenoxy) is 2. The first kappa shape index (κ1) is 64.1. The third kappa shape index (κ3) is 11.2. The minimum absolute atomic E-state index is 0. The summed E-state index contributed by atoms with van der Waals surface area (Å²) in [7, 11) is 4.15. The van der Waals surface area contributed by atoms with Crippen LogP contribution in [-0.4, -0.2) is 30.7 Å². The van der Waals surface area contributed by atoms with Crippen molar-refractivity contribution in [1.82, 2.24) is 23.7 Å². The van der Waals surface area contributed by atoms with Gasteiger partial charge in [0.2, 0.25) is 6.33 Å². The van der Waals surface area contributed by atoms with Crippen LogP contribution in [0.1, 0.15) is 61.5 Å². The molecular formula is C83H70IN8O4Pt-3. The summed E-state index contributed by atoms with van der Waals surface area (Å²) in [5.41, 5.74) is 16.0. The number of hydrogen-bond acceptors (Lipinski definition) is 8. The molecule has 0 saturated carbocycles. The zero-order valence-electron chi connectivity index (χ0n) is 54.0. The maximum Gasteiger partial charge on any atom is 0.249 e. The van der Waals surface area contributed by atoms with E-state index < -0.39 is 0 Å². The van der Waals surface area contributed by atoms with Crippen LogP contribution in [0.15, 0.2) is 246 Å². The van der Waals surface area contributed by atoms with Gasteiger partial charge in [-0.15, -0.1) is 47.0 Å². The summed E-state index contributed by atoms with van der Waals surface area (Å²) in [5, 5.41) is 8.60. The monoisotopic (exact) mass is 1560 g/mol. The van der Waals surface area contributed by atoms with E-state index in [9.17, 15) is 0 Å². The Morgan fingerprint density at radius 2 is 1.02 bits per heavy atom. The number of aromatic nitrogens is 6. The smallest absolute Gasteiger partial charge is 0.249 e. The van der Waals surface area contributed by atoms with Gasteiger partial charge in [0, 0.05) is 120 Å². The number of halogens is 1. The summed E-state index contributed by atoms with van der Waals surface area (Å²) in [4.78, 5) is 14.2. The van der Waals surface area contributed by atoms with Gasteiger partial charge in [-0.2, -0.15) is 17.3 Å². The van der Waals surface area contributed by atoms with Gasteiger partial charge < -0.3 is 56.7 Å². The summed E-state index contributed by atoms with van der Waals surface area (Å²) in [6.45, 7) is 15.4. The maximum atomic E-state index is 6.73. The minimum Gasteiger partial charge on any atom is -1.00 e. The molecule has 12 nitrogen and oxygen atoms in total. The zero-order valence-corrected chi connectivity index (χ0v) is 58.4. The first-order valence-corrected chi connectivity index (χ1v) is 31.7. The molecular weight excluding hydrogens is 1490 g/mol. The van der Waals surface area contributed by atoms with Gasteiger partial charge in [0.1, 0.15) is 51.2 Å². The van der Waals surface area contributed by atoms with E-state index in [-0.39, 0.29) is 64.7 Å². The molecule has 1 aliphatic rings. The first-order valence-electron chi connectivity index (χ1n) is 31.7. The van der Waals surface area contributed by atoms with E-state index in [1.54, 1.807) is 0 Å². The van der Waals surface area contributed by atoms with Crippen LogP contribution in [-0.2, 0) is 38.9 Å². The number of nitrogens with zero attached hydrogens (tertiary/aromatic N) is 8. The Kier molecular flexibility index (Phi) is 16.4. The molecule has 486 valence electrons. The number of benzene rings is 10. The second kappa shape index (κ2) is 24.8. The zero-order chi connectivity index (χ0) is 63.7. The SMILES string of the molecule is C.CN1[CH-]N(c2[c-]c(Oc3[c-]c4c(cc3)c3ccccc3n4-c3cc4oc5ccccc5c4cn3)cc(C(C)(C)C)c2)c2ccccc21.C[n+]1cn(-c2cc(Oc3ccc4c5ccccc5n(-c5cc6oc7ccccc7c6cn5)c4c3)cc(C(C)(C)C)c2)c2ccccc21.[HH].[I-].[Pt]. The van der Waals surface area contributed by atoms with Gasteiger partial charge in [-0.1, -0.05) is 152 Å². The molecule has 0 bridgehead atoms. The van der Waals surface area contributed by atoms with Crippen molar-refractivity contribution < 1.29 is 69.3 Å². The number of pyridine rings is 2. The summed E-state index contributed by atoms with van der Waals surface area (Å²) in [5.74, 6) is 4.33. The van der Waals surface area contributed by atoms with Crippen molar-refractivity contribution in [2.45, 2.75) is 59.8 Å². The number of hydrogen-bond donors (Lipinski definition) is 0. The van der Waals surface area contributed by atoms with Gasteiger partial charge in [0.15, 0.2) is 11.0 Å². The molecule has 18 rings (SSSR count). The summed E-state index contributed by atoms with van der Waals surface area (Å²) < 4.78 is 34.6. The van der Waals surface area contributed by atoms with Crippen molar-refractivity contribution >= 4 is 116 Å². The number of rotatable bonds is 8. The third-order valence-corrected chi connectivity index (χ3v) is 18.2. The normalized spacial score (nSPS) is 12.4. The molecule has 0 fully saturated rings. The van der Waals surface area contributed by atoms with Crippen LogP contribution < -0.4 is 47.8 Å².